The first-order chi connectivity index (χ1) is 13.4. The maximum absolute atomic E-state index is 6.87. The fourth-order valence-electron chi connectivity index (χ4n) is 4.14. The van der Waals surface area contributed by atoms with Crippen molar-refractivity contribution in [3.8, 4) is 0 Å². The Hall–Kier alpha value is -0.780. The van der Waals surface area contributed by atoms with Crippen LogP contribution in [0.25, 0.3) is 10.9 Å². The molecule has 3 nitrogen and oxygen atoms in total. The predicted molar refractivity (Wildman–Crippen MR) is 133 cm³/mol. The SMILES string of the molecule is Cl.Cl.NC1(c2ccnc3cc(Cl)ccc23)CCC(NCc2cc(Cl)cc(Cl)c2)CC1. The van der Waals surface area contributed by atoms with E-state index in [1.54, 1.807) is 6.07 Å². The lowest BCUT2D eigenvalue weighted by atomic mass is 9.74. The summed E-state index contributed by atoms with van der Waals surface area (Å²) < 4.78 is 0. The molecule has 0 saturated heterocycles. The van der Waals surface area contributed by atoms with Crippen LogP contribution in [0.1, 0.15) is 36.8 Å². The molecule has 0 atom stereocenters. The fraction of sp³-hybridized carbons (Fsp3) is 0.318. The monoisotopic (exact) mass is 505 g/mol. The zero-order valence-electron chi connectivity index (χ0n) is 16.2. The highest BCUT2D eigenvalue weighted by Gasteiger charge is 2.34. The summed E-state index contributed by atoms with van der Waals surface area (Å²) in [6.45, 7) is 0.749. The van der Waals surface area contributed by atoms with Crippen LogP contribution in [0.4, 0.5) is 0 Å². The number of nitrogens with two attached hydrogens (primary N) is 1. The minimum absolute atomic E-state index is 0. The summed E-state index contributed by atoms with van der Waals surface area (Å²) in [4.78, 5) is 4.45. The molecule has 0 radical (unpaired) electrons. The van der Waals surface area contributed by atoms with Crippen molar-refractivity contribution in [1.29, 1.82) is 0 Å². The number of pyridine rings is 1. The van der Waals surface area contributed by atoms with Gasteiger partial charge in [-0.3, -0.25) is 4.98 Å². The van der Waals surface area contributed by atoms with Gasteiger partial charge in [-0.1, -0.05) is 40.9 Å². The third-order valence-corrected chi connectivity index (χ3v) is 6.31. The Bertz CT molecular complexity index is 983. The van der Waals surface area contributed by atoms with Gasteiger partial charge in [0.1, 0.15) is 0 Å². The van der Waals surface area contributed by atoms with E-state index in [4.69, 9.17) is 40.5 Å². The largest absolute Gasteiger partial charge is 0.321 e. The molecule has 0 aliphatic heterocycles. The van der Waals surface area contributed by atoms with Crippen molar-refractivity contribution in [3.63, 3.8) is 0 Å². The van der Waals surface area contributed by atoms with Crippen molar-refractivity contribution < 1.29 is 0 Å². The molecule has 1 aromatic heterocycles. The first-order valence-corrected chi connectivity index (χ1v) is 10.6. The molecule has 0 spiro atoms. The summed E-state index contributed by atoms with van der Waals surface area (Å²) in [5.41, 5.74) is 9.68. The minimum Gasteiger partial charge on any atom is -0.321 e. The number of benzene rings is 2. The Morgan fingerprint density at radius 2 is 1.60 bits per heavy atom. The lowest BCUT2D eigenvalue weighted by molar-refractivity contribution is 0.252. The van der Waals surface area contributed by atoms with Gasteiger partial charge in [0.15, 0.2) is 0 Å². The van der Waals surface area contributed by atoms with Crippen LogP contribution in [0.15, 0.2) is 48.7 Å². The molecule has 0 unspecified atom stereocenters. The zero-order valence-corrected chi connectivity index (χ0v) is 20.1. The van der Waals surface area contributed by atoms with Gasteiger partial charge in [0.2, 0.25) is 0 Å². The molecule has 3 aromatic rings. The lowest BCUT2D eigenvalue weighted by Crippen LogP contribution is -2.45. The Kier molecular flexibility index (Phi) is 9.08. The second-order valence-corrected chi connectivity index (χ2v) is 8.92. The number of hydrogen-bond donors (Lipinski definition) is 2. The maximum atomic E-state index is 6.87. The van der Waals surface area contributed by atoms with Gasteiger partial charge in [-0.15, -0.1) is 24.8 Å². The topological polar surface area (TPSA) is 50.9 Å². The highest BCUT2D eigenvalue weighted by molar-refractivity contribution is 6.34. The molecule has 0 bridgehead atoms. The van der Waals surface area contributed by atoms with Gasteiger partial charge in [0, 0.05) is 44.8 Å². The molecule has 4 rings (SSSR count). The van der Waals surface area contributed by atoms with Gasteiger partial charge in [0.05, 0.1) is 5.52 Å². The Morgan fingerprint density at radius 3 is 2.27 bits per heavy atom. The number of hydrogen-bond acceptors (Lipinski definition) is 3. The summed E-state index contributed by atoms with van der Waals surface area (Å²) in [5, 5.41) is 6.74. The van der Waals surface area contributed by atoms with E-state index in [9.17, 15) is 0 Å². The second kappa shape index (κ2) is 10.7. The van der Waals surface area contributed by atoms with Crippen LogP contribution < -0.4 is 11.1 Å². The van der Waals surface area contributed by atoms with Crippen LogP contribution in [0.5, 0.6) is 0 Å². The van der Waals surface area contributed by atoms with E-state index in [-0.39, 0.29) is 30.4 Å². The Morgan fingerprint density at radius 1 is 0.933 bits per heavy atom. The molecule has 30 heavy (non-hydrogen) atoms. The average molecular weight is 508 g/mol. The molecule has 3 N–H and O–H groups in total. The molecule has 1 saturated carbocycles. The van der Waals surface area contributed by atoms with E-state index >= 15 is 0 Å². The smallest absolute Gasteiger partial charge is 0.0720 e. The third kappa shape index (κ3) is 5.72. The molecule has 1 aliphatic rings. The van der Waals surface area contributed by atoms with E-state index in [0.717, 1.165) is 54.3 Å². The number of nitrogens with one attached hydrogen (secondary N) is 1. The molecule has 0 amide bonds. The van der Waals surface area contributed by atoms with Crippen molar-refractivity contribution in [1.82, 2.24) is 10.3 Å². The molecule has 2 aromatic carbocycles. The maximum Gasteiger partial charge on any atom is 0.0720 e. The first kappa shape index (κ1) is 25.5. The molecule has 1 fully saturated rings. The summed E-state index contributed by atoms with van der Waals surface area (Å²) >= 11 is 18.3. The van der Waals surface area contributed by atoms with Crippen molar-refractivity contribution in [2.24, 2.45) is 5.73 Å². The highest BCUT2D eigenvalue weighted by Crippen LogP contribution is 2.38. The van der Waals surface area contributed by atoms with E-state index in [1.165, 1.54) is 0 Å². The summed E-state index contributed by atoms with van der Waals surface area (Å²) in [6, 6.07) is 14.0. The van der Waals surface area contributed by atoms with Crippen LogP contribution in [0.3, 0.4) is 0 Å². The van der Waals surface area contributed by atoms with E-state index < -0.39 is 0 Å². The molecule has 162 valence electrons. The van der Waals surface area contributed by atoms with Crippen LogP contribution in [0, 0.1) is 0 Å². The number of aromatic nitrogens is 1. The van der Waals surface area contributed by atoms with Crippen LogP contribution >= 0.6 is 59.6 Å². The Balaban J connectivity index is 0.00000160. The van der Waals surface area contributed by atoms with Gasteiger partial charge in [-0.05, 0) is 73.2 Å². The van der Waals surface area contributed by atoms with E-state index in [2.05, 4.69) is 16.4 Å². The fourth-order valence-corrected chi connectivity index (χ4v) is 4.87. The molecular weight excluding hydrogens is 484 g/mol. The molecule has 8 heteroatoms. The van der Waals surface area contributed by atoms with Crippen molar-refractivity contribution in [3.05, 3.63) is 74.9 Å². The van der Waals surface area contributed by atoms with Crippen molar-refractivity contribution in [2.45, 2.75) is 43.8 Å². The standard InChI is InChI=1S/C22H22Cl3N3.2ClH/c23-15-1-2-19-20(5-8-27-21(19)12-15)22(26)6-3-18(4-7-22)28-13-14-9-16(24)11-17(25)10-14;;/h1-2,5,8-12,18,28H,3-4,6-7,13,26H2;2*1H. The van der Waals surface area contributed by atoms with Gasteiger partial charge in [-0.25, -0.2) is 0 Å². The van der Waals surface area contributed by atoms with Crippen molar-refractivity contribution in [2.75, 3.05) is 0 Å². The third-order valence-electron chi connectivity index (χ3n) is 5.64. The number of fused-ring (bicyclic) bond motifs is 1. The van der Waals surface area contributed by atoms with Gasteiger partial charge < -0.3 is 11.1 Å². The number of halogens is 5. The first-order valence-electron chi connectivity index (χ1n) is 9.45. The van der Waals surface area contributed by atoms with Gasteiger partial charge >= 0.3 is 0 Å². The molecule has 1 heterocycles. The zero-order chi connectivity index (χ0) is 19.7. The predicted octanol–water partition coefficient (Wildman–Crippen LogP) is 6.93. The number of nitrogens with zero attached hydrogens (tertiary/aromatic N) is 1. The van der Waals surface area contributed by atoms with Crippen LogP contribution in [0.2, 0.25) is 15.1 Å². The van der Waals surface area contributed by atoms with Gasteiger partial charge in [0.25, 0.3) is 0 Å². The van der Waals surface area contributed by atoms with E-state index in [0.29, 0.717) is 21.1 Å². The van der Waals surface area contributed by atoms with Crippen LogP contribution in [-0.4, -0.2) is 11.0 Å². The summed E-state index contributed by atoms with van der Waals surface area (Å²) in [5.74, 6) is 0. The number of rotatable bonds is 4. The normalized spacial score (nSPS) is 21.0. The second-order valence-electron chi connectivity index (χ2n) is 7.61. The molecular formula is C22H24Cl5N3. The van der Waals surface area contributed by atoms with E-state index in [1.807, 2.05) is 36.5 Å². The molecule has 1 aliphatic carbocycles. The van der Waals surface area contributed by atoms with Crippen LogP contribution in [-0.2, 0) is 12.1 Å². The summed E-state index contributed by atoms with van der Waals surface area (Å²) in [6.07, 6.45) is 5.70. The summed E-state index contributed by atoms with van der Waals surface area (Å²) in [7, 11) is 0. The lowest BCUT2D eigenvalue weighted by Gasteiger charge is -2.38. The quantitative estimate of drug-likeness (QED) is 0.403. The van der Waals surface area contributed by atoms with Crippen molar-refractivity contribution >= 4 is 70.5 Å². The minimum atomic E-state index is -0.341. The Labute approximate surface area is 204 Å². The van der Waals surface area contributed by atoms with Gasteiger partial charge in [-0.2, -0.15) is 0 Å². The average Bonchev–Trinajstić information content (AvgIpc) is 2.66. The highest BCUT2D eigenvalue weighted by atomic mass is 35.5.